The topological polar surface area (TPSA) is 72.5 Å². The van der Waals surface area contributed by atoms with Crippen LogP contribution in [0.1, 0.15) is 16.7 Å². The van der Waals surface area contributed by atoms with Crippen molar-refractivity contribution >= 4 is 21.9 Å². The molecule has 0 heterocycles. The van der Waals surface area contributed by atoms with E-state index >= 15 is 0 Å². The Balaban J connectivity index is 3.17. The number of hydrogen-bond donors (Lipinski definition) is 2. The lowest BCUT2D eigenvalue weighted by atomic mass is 9.96. The molecule has 17 heavy (non-hydrogen) atoms. The molecule has 0 aromatic heterocycles. The third-order valence-corrected chi connectivity index (χ3v) is 3.77. The first-order valence-electron chi connectivity index (χ1n) is 5.19. The Labute approximate surface area is 109 Å². The fourth-order valence-electron chi connectivity index (χ4n) is 1.73. The maximum absolute atomic E-state index is 10.8. The van der Waals surface area contributed by atoms with Gasteiger partial charge in [-0.1, -0.05) is 0 Å². The Morgan fingerprint density at radius 2 is 2.18 bits per heavy atom. The molecule has 0 saturated carbocycles. The Hall–Kier alpha value is -1.07. The summed E-state index contributed by atoms with van der Waals surface area (Å²) in [5, 5.41) is 8.83. The molecule has 0 spiro atoms. The SMILES string of the molecule is COc1cc(C)c(CC(N)C(=O)O)c(C)c1Br. The van der Waals surface area contributed by atoms with Gasteiger partial charge in [0.1, 0.15) is 11.8 Å². The van der Waals surface area contributed by atoms with Gasteiger partial charge in [-0.25, -0.2) is 0 Å². The number of benzene rings is 1. The van der Waals surface area contributed by atoms with Crippen molar-refractivity contribution in [2.75, 3.05) is 7.11 Å². The van der Waals surface area contributed by atoms with E-state index in [4.69, 9.17) is 15.6 Å². The number of carbonyl (C=O) groups is 1. The van der Waals surface area contributed by atoms with E-state index in [-0.39, 0.29) is 0 Å². The lowest BCUT2D eigenvalue weighted by Crippen LogP contribution is -2.32. The average molecular weight is 302 g/mol. The van der Waals surface area contributed by atoms with Crippen molar-refractivity contribution in [3.05, 3.63) is 27.2 Å². The van der Waals surface area contributed by atoms with E-state index < -0.39 is 12.0 Å². The van der Waals surface area contributed by atoms with Crippen molar-refractivity contribution in [2.45, 2.75) is 26.3 Å². The van der Waals surface area contributed by atoms with Crippen LogP contribution in [0, 0.1) is 13.8 Å². The molecule has 4 nitrogen and oxygen atoms in total. The van der Waals surface area contributed by atoms with Crippen LogP contribution in [0.2, 0.25) is 0 Å². The Kier molecular flexibility index (Phi) is 4.54. The van der Waals surface area contributed by atoms with Crippen LogP contribution in [0.25, 0.3) is 0 Å². The first-order chi connectivity index (χ1) is 7.88. The highest BCUT2D eigenvalue weighted by Crippen LogP contribution is 2.33. The van der Waals surface area contributed by atoms with Crippen LogP contribution in [-0.2, 0) is 11.2 Å². The highest BCUT2D eigenvalue weighted by Gasteiger charge is 2.18. The zero-order valence-electron chi connectivity index (χ0n) is 10.1. The summed E-state index contributed by atoms with van der Waals surface area (Å²) in [6.07, 6.45) is 0.315. The molecule has 0 saturated heterocycles. The van der Waals surface area contributed by atoms with Gasteiger partial charge in [0, 0.05) is 0 Å². The number of carboxylic acids is 1. The molecular formula is C12H16BrNO3. The lowest BCUT2D eigenvalue weighted by molar-refractivity contribution is -0.138. The fraction of sp³-hybridized carbons (Fsp3) is 0.417. The molecule has 3 N–H and O–H groups in total. The van der Waals surface area contributed by atoms with E-state index in [0.29, 0.717) is 6.42 Å². The highest BCUT2D eigenvalue weighted by molar-refractivity contribution is 9.10. The van der Waals surface area contributed by atoms with Gasteiger partial charge in [-0.05, 0) is 59.0 Å². The molecule has 94 valence electrons. The molecular weight excluding hydrogens is 286 g/mol. The van der Waals surface area contributed by atoms with Crippen LogP contribution < -0.4 is 10.5 Å². The molecule has 0 radical (unpaired) electrons. The van der Waals surface area contributed by atoms with Gasteiger partial charge in [-0.15, -0.1) is 0 Å². The van der Waals surface area contributed by atoms with Crippen molar-refractivity contribution < 1.29 is 14.6 Å². The van der Waals surface area contributed by atoms with E-state index in [1.165, 1.54) is 0 Å². The summed E-state index contributed by atoms with van der Waals surface area (Å²) in [4.78, 5) is 10.8. The maximum Gasteiger partial charge on any atom is 0.320 e. The first-order valence-corrected chi connectivity index (χ1v) is 5.98. The van der Waals surface area contributed by atoms with Crippen LogP contribution in [-0.4, -0.2) is 24.2 Å². The Bertz CT molecular complexity index is 446. The van der Waals surface area contributed by atoms with Crippen molar-refractivity contribution in [2.24, 2.45) is 5.73 Å². The molecule has 1 rings (SSSR count). The molecule has 1 atom stereocenters. The van der Waals surface area contributed by atoms with Crippen LogP contribution in [0.15, 0.2) is 10.5 Å². The minimum absolute atomic E-state index is 0.315. The van der Waals surface area contributed by atoms with Crippen LogP contribution in [0.5, 0.6) is 5.75 Å². The summed E-state index contributed by atoms with van der Waals surface area (Å²) in [5.41, 5.74) is 8.47. The predicted octanol–water partition coefficient (Wildman–Crippen LogP) is 2.03. The van der Waals surface area contributed by atoms with Gasteiger partial charge in [0.05, 0.1) is 11.6 Å². The summed E-state index contributed by atoms with van der Waals surface area (Å²) >= 11 is 3.44. The van der Waals surface area contributed by atoms with E-state index in [9.17, 15) is 4.79 Å². The molecule has 0 bridgehead atoms. The Morgan fingerprint density at radius 3 is 2.65 bits per heavy atom. The third-order valence-electron chi connectivity index (χ3n) is 2.78. The molecule has 1 unspecified atom stereocenters. The van der Waals surface area contributed by atoms with Crippen LogP contribution in [0.4, 0.5) is 0 Å². The standard InChI is InChI=1S/C12H16BrNO3/c1-6-4-10(17-3)11(13)7(2)8(6)5-9(14)12(15)16/h4,9H,5,14H2,1-3H3,(H,15,16). The summed E-state index contributed by atoms with van der Waals surface area (Å²) in [6, 6.07) is 0.994. The Morgan fingerprint density at radius 1 is 1.59 bits per heavy atom. The van der Waals surface area contributed by atoms with Gasteiger partial charge in [0.2, 0.25) is 0 Å². The first kappa shape index (κ1) is 14.0. The second-order valence-corrected chi connectivity index (χ2v) is 4.76. The highest BCUT2D eigenvalue weighted by atomic mass is 79.9. The normalized spacial score (nSPS) is 12.3. The summed E-state index contributed by atoms with van der Waals surface area (Å²) in [6.45, 7) is 3.84. The lowest BCUT2D eigenvalue weighted by Gasteiger charge is -2.16. The minimum atomic E-state index is -0.990. The summed E-state index contributed by atoms with van der Waals surface area (Å²) in [7, 11) is 1.60. The van der Waals surface area contributed by atoms with Crippen LogP contribution >= 0.6 is 15.9 Å². The number of aryl methyl sites for hydroxylation is 1. The predicted molar refractivity (Wildman–Crippen MR) is 69.5 cm³/mol. The largest absolute Gasteiger partial charge is 0.496 e. The number of rotatable bonds is 4. The quantitative estimate of drug-likeness (QED) is 0.892. The van der Waals surface area contributed by atoms with E-state index in [1.807, 2.05) is 19.9 Å². The molecule has 0 amide bonds. The van der Waals surface area contributed by atoms with Gasteiger partial charge in [-0.2, -0.15) is 0 Å². The molecule has 1 aromatic rings. The number of methoxy groups -OCH3 is 1. The molecule has 0 aliphatic heterocycles. The van der Waals surface area contributed by atoms with Gasteiger partial charge in [0.25, 0.3) is 0 Å². The van der Waals surface area contributed by atoms with Gasteiger partial charge < -0.3 is 15.6 Å². The number of nitrogens with two attached hydrogens (primary N) is 1. The monoisotopic (exact) mass is 301 g/mol. The molecule has 5 heteroatoms. The van der Waals surface area contributed by atoms with Crippen molar-refractivity contribution in [3.8, 4) is 5.75 Å². The van der Waals surface area contributed by atoms with E-state index in [2.05, 4.69) is 15.9 Å². The number of hydrogen-bond acceptors (Lipinski definition) is 3. The molecule has 1 aromatic carbocycles. The average Bonchev–Trinajstić information content (AvgIpc) is 2.28. The van der Waals surface area contributed by atoms with Gasteiger partial charge in [0.15, 0.2) is 0 Å². The van der Waals surface area contributed by atoms with Gasteiger partial charge in [-0.3, -0.25) is 4.79 Å². The fourth-order valence-corrected chi connectivity index (χ4v) is 2.25. The summed E-state index contributed by atoms with van der Waals surface area (Å²) in [5.74, 6) is -0.247. The number of halogens is 1. The zero-order chi connectivity index (χ0) is 13.2. The zero-order valence-corrected chi connectivity index (χ0v) is 11.7. The number of carboxylic acid groups (broad SMARTS) is 1. The van der Waals surface area contributed by atoms with E-state index in [1.54, 1.807) is 7.11 Å². The molecule has 0 fully saturated rings. The van der Waals surface area contributed by atoms with Crippen molar-refractivity contribution in [1.29, 1.82) is 0 Å². The van der Waals surface area contributed by atoms with Crippen molar-refractivity contribution in [1.82, 2.24) is 0 Å². The molecule has 0 aliphatic carbocycles. The second kappa shape index (κ2) is 5.51. The number of ether oxygens (including phenoxy) is 1. The van der Waals surface area contributed by atoms with Gasteiger partial charge >= 0.3 is 5.97 Å². The third kappa shape index (κ3) is 2.98. The smallest absolute Gasteiger partial charge is 0.320 e. The number of aliphatic carboxylic acids is 1. The van der Waals surface area contributed by atoms with Crippen LogP contribution in [0.3, 0.4) is 0 Å². The summed E-state index contributed by atoms with van der Waals surface area (Å²) < 4.78 is 6.07. The molecule has 0 aliphatic rings. The second-order valence-electron chi connectivity index (χ2n) is 3.96. The minimum Gasteiger partial charge on any atom is -0.496 e. The maximum atomic E-state index is 10.8. The van der Waals surface area contributed by atoms with E-state index in [0.717, 1.165) is 26.9 Å². The van der Waals surface area contributed by atoms with Crippen molar-refractivity contribution in [3.63, 3.8) is 0 Å².